The smallest absolute Gasteiger partial charge is 0.410 e. The van der Waals surface area contributed by atoms with Crippen LogP contribution in [0.1, 0.15) is 32.4 Å². The maximum atomic E-state index is 12.7. The number of aryl methyl sites for hydroxylation is 1. The van der Waals surface area contributed by atoms with Crippen molar-refractivity contribution in [2.45, 2.75) is 49.6 Å². The predicted octanol–water partition coefficient (Wildman–Crippen LogP) is 1.39. The van der Waals surface area contributed by atoms with Crippen molar-refractivity contribution in [1.29, 1.82) is 0 Å². The lowest BCUT2D eigenvalue weighted by molar-refractivity contribution is -0.133. The highest BCUT2D eigenvalue weighted by atomic mass is 32.2. The summed E-state index contributed by atoms with van der Waals surface area (Å²) in [6, 6.07) is 1.42. The van der Waals surface area contributed by atoms with Gasteiger partial charge in [-0.15, -0.1) is 0 Å². The van der Waals surface area contributed by atoms with Crippen LogP contribution in [-0.2, 0) is 9.53 Å². The van der Waals surface area contributed by atoms with Crippen LogP contribution in [0.15, 0.2) is 16.0 Å². The summed E-state index contributed by atoms with van der Waals surface area (Å²) < 4.78 is 5.60. The Bertz CT molecular complexity index is 757. The Labute approximate surface area is 156 Å². The first kappa shape index (κ1) is 18.8. The number of nitrogens with zero attached hydrogens (tertiary/aromatic N) is 3. The van der Waals surface area contributed by atoms with E-state index >= 15 is 0 Å². The molecule has 9 heteroatoms. The fourth-order valence-electron chi connectivity index (χ4n) is 3.41. The molecule has 2 saturated heterocycles. The Kier molecular flexibility index (Phi) is 5.27. The van der Waals surface area contributed by atoms with Crippen molar-refractivity contribution >= 4 is 23.8 Å². The zero-order valence-electron chi connectivity index (χ0n) is 15.3. The number of carbonyl (C=O) groups is 2. The van der Waals surface area contributed by atoms with Gasteiger partial charge in [-0.2, -0.15) is 0 Å². The molecule has 2 amide bonds. The van der Waals surface area contributed by atoms with E-state index in [0.717, 1.165) is 0 Å². The molecule has 1 aromatic rings. The molecule has 1 aromatic heterocycles. The summed E-state index contributed by atoms with van der Waals surface area (Å²) in [4.78, 5) is 46.5. The number of likely N-dealkylation sites (N-methyl/N-ethyl adjacent to an activating group) is 1. The van der Waals surface area contributed by atoms with Crippen LogP contribution in [-0.4, -0.2) is 68.8 Å². The second-order valence-electron chi connectivity index (χ2n) is 6.84. The van der Waals surface area contributed by atoms with Crippen LogP contribution in [0, 0.1) is 6.92 Å². The molecule has 0 saturated carbocycles. The van der Waals surface area contributed by atoms with Crippen molar-refractivity contribution in [3.8, 4) is 0 Å². The van der Waals surface area contributed by atoms with Crippen molar-refractivity contribution in [3.05, 3.63) is 22.1 Å². The molecule has 2 aliphatic rings. The van der Waals surface area contributed by atoms with Crippen molar-refractivity contribution < 1.29 is 14.3 Å². The Hall–Kier alpha value is -2.03. The Morgan fingerprint density at radius 2 is 2.12 bits per heavy atom. The van der Waals surface area contributed by atoms with E-state index in [-0.39, 0.29) is 22.8 Å². The van der Waals surface area contributed by atoms with Crippen molar-refractivity contribution in [2.75, 3.05) is 26.2 Å². The number of ether oxygens (including phenoxy) is 1. The highest BCUT2D eigenvalue weighted by Crippen LogP contribution is 2.34. The van der Waals surface area contributed by atoms with Gasteiger partial charge in [0.05, 0.1) is 11.8 Å². The first-order valence-electron chi connectivity index (χ1n) is 8.83. The molecule has 0 aromatic carbocycles. The average Bonchev–Trinajstić information content (AvgIpc) is 2.89. The topological polar surface area (TPSA) is 95.6 Å². The summed E-state index contributed by atoms with van der Waals surface area (Å²) >= 11 is 1.25. The van der Waals surface area contributed by atoms with Crippen LogP contribution >= 0.6 is 11.8 Å². The zero-order valence-corrected chi connectivity index (χ0v) is 16.1. The van der Waals surface area contributed by atoms with Gasteiger partial charge in [-0.05, 0) is 20.8 Å². The zero-order chi connectivity index (χ0) is 18.9. The predicted molar refractivity (Wildman–Crippen MR) is 97.2 cm³/mol. The number of H-pyrrole nitrogens is 1. The molecule has 2 aliphatic heterocycles. The van der Waals surface area contributed by atoms with E-state index in [9.17, 15) is 14.4 Å². The first-order chi connectivity index (χ1) is 12.3. The molecule has 3 rings (SSSR count). The van der Waals surface area contributed by atoms with Gasteiger partial charge in [-0.3, -0.25) is 9.59 Å². The fourth-order valence-corrected chi connectivity index (χ4v) is 4.35. The van der Waals surface area contributed by atoms with Crippen LogP contribution in [0.4, 0.5) is 4.79 Å². The number of piperidine rings is 1. The van der Waals surface area contributed by atoms with Gasteiger partial charge in [-0.1, -0.05) is 11.8 Å². The largest absolute Gasteiger partial charge is 0.441 e. The minimum absolute atomic E-state index is 0.00526. The number of carbonyl (C=O) groups excluding carboxylic acids is 2. The van der Waals surface area contributed by atoms with Gasteiger partial charge in [0.1, 0.15) is 5.60 Å². The maximum absolute atomic E-state index is 12.7. The number of hydrogen-bond acceptors (Lipinski definition) is 6. The molecule has 3 heterocycles. The van der Waals surface area contributed by atoms with E-state index in [0.29, 0.717) is 49.9 Å². The quantitative estimate of drug-likeness (QED) is 0.626. The third kappa shape index (κ3) is 3.87. The molecule has 142 valence electrons. The van der Waals surface area contributed by atoms with Gasteiger partial charge in [0.15, 0.2) is 5.16 Å². The van der Waals surface area contributed by atoms with E-state index < -0.39 is 5.60 Å². The Morgan fingerprint density at radius 3 is 2.69 bits per heavy atom. The molecular weight excluding hydrogens is 356 g/mol. The van der Waals surface area contributed by atoms with E-state index in [1.165, 1.54) is 17.8 Å². The highest BCUT2D eigenvalue weighted by Gasteiger charge is 2.47. The number of hydrogen-bond donors (Lipinski definition) is 1. The number of amides is 2. The molecule has 0 bridgehead atoms. The van der Waals surface area contributed by atoms with Gasteiger partial charge in [-0.25, -0.2) is 9.78 Å². The Balaban J connectivity index is 1.58. The summed E-state index contributed by atoms with van der Waals surface area (Å²) in [6.45, 7) is 7.86. The van der Waals surface area contributed by atoms with Gasteiger partial charge in [0.2, 0.25) is 5.91 Å². The molecule has 26 heavy (non-hydrogen) atoms. The lowest BCUT2D eigenvalue weighted by Gasteiger charge is -2.38. The van der Waals surface area contributed by atoms with Gasteiger partial charge in [0, 0.05) is 44.2 Å². The SMILES string of the molecule is CCN1CC2(CCN(C(=O)[C@@H](C)Sc3nc(C)cc(=O)[nH]3)CC2)OC1=O. The van der Waals surface area contributed by atoms with Gasteiger partial charge in [0.25, 0.3) is 5.56 Å². The van der Waals surface area contributed by atoms with Crippen LogP contribution < -0.4 is 5.56 Å². The van der Waals surface area contributed by atoms with Crippen molar-refractivity contribution in [3.63, 3.8) is 0 Å². The second-order valence-corrected chi connectivity index (χ2v) is 8.17. The first-order valence-corrected chi connectivity index (χ1v) is 9.71. The van der Waals surface area contributed by atoms with Gasteiger partial charge >= 0.3 is 6.09 Å². The molecular formula is C17H24N4O4S. The summed E-state index contributed by atoms with van der Waals surface area (Å²) in [5.41, 5.74) is -0.0497. The normalized spacial score (nSPS) is 20.3. The van der Waals surface area contributed by atoms with E-state index in [1.807, 2.05) is 13.8 Å². The summed E-state index contributed by atoms with van der Waals surface area (Å²) in [5, 5.41) is 0.0971. The van der Waals surface area contributed by atoms with Crippen LogP contribution in [0.25, 0.3) is 0 Å². The van der Waals surface area contributed by atoms with Crippen LogP contribution in [0.5, 0.6) is 0 Å². The molecule has 2 fully saturated rings. The molecule has 0 radical (unpaired) electrons. The summed E-state index contributed by atoms with van der Waals surface area (Å²) in [7, 11) is 0. The molecule has 1 spiro atoms. The molecule has 1 atom stereocenters. The number of aromatic nitrogens is 2. The standard InChI is InChI=1S/C17H24N4O4S/c1-4-20-10-17(25-16(20)24)5-7-21(8-6-17)14(23)12(3)26-15-18-11(2)9-13(22)19-15/h9,12H,4-8,10H2,1-3H3,(H,18,19,22)/t12-/m1/s1. The van der Waals surface area contributed by atoms with E-state index in [1.54, 1.807) is 16.7 Å². The molecule has 1 N–H and O–H groups in total. The van der Waals surface area contributed by atoms with E-state index in [4.69, 9.17) is 4.74 Å². The van der Waals surface area contributed by atoms with E-state index in [2.05, 4.69) is 9.97 Å². The lowest BCUT2D eigenvalue weighted by Crippen LogP contribution is -2.50. The minimum atomic E-state index is -0.455. The molecule has 0 unspecified atom stereocenters. The fraction of sp³-hybridized carbons (Fsp3) is 0.647. The third-order valence-electron chi connectivity index (χ3n) is 4.89. The minimum Gasteiger partial charge on any atom is -0.441 e. The van der Waals surface area contributed by atoms with Gasteiger partial charge < -0.3 is 19.5 Å². The maximum Gasteiger partial charge on any atom is 0.410 e. The summed E-state index contributed by atoms with van der Waals surface area (Å²) in [5.74, 6) is 0.00526. The number of thioether (sulfide) groups is 1. The number of nitrogens with one attached hydrogen (secondary N) is 1. The second kappa shape index (κ2) is 7.30. The van der Waals surface area contributed by atoms with Crippen molar-refractivity contribution in [2.24, 2.45) is 0 Å². The highest BCUT2D eigenvalue weighted by molar-refractivity contribution is 8.00. The third-order valence-corrected chi connectivity index (χ3v) is 5.87. The number of aromatic amines is 1. The number of rotatable bonds is 4. The van der Waals surface area contributed by atoms with Crippen molar-refractivity contribution in [1.82, 2.24) is 19.8 Å². The van der Waals surface area contributed by atoms with Crippen LogP contribution in [0.2, 0.25) is 0 Å². The summed E-state index contributed by atoms with van der Waals surface area (Å²) in [6.07, 6.45) is 1.04. The molecule has 8 nitrogen and oxygen atoms in total. The number of likely N-dealkylation sites (tertiary alicyclic amines) is 1. The monoisotopic (exact) mass is 380 g/mol. The Morgan fingerprint density at radius 1 is 1.42 bits per heavy atom. The average molecular weight is 380 g/mol. The lowest BCUT2D eigenvalue weighted by atomic mass is 9.91. The van der Waals surface area contributed by atoms with Crippen LogP contribution in [0.3, 0.4) is 0 Å². The molecule has 0 aliphatic carbocycles.